The Kier molecular flexibility index (Phi) is 3.87. The van der Waals surface area contributed by atoms with Crippen molar-refractivity contribution in [2.45, 2.75) is 31.7 Å². The van der Waals surface area contributed by atoms with Gasteiger partial charge in [-0.2, -0.15) is 0 Å². The molecule has 2 N–H and O–H groups in total. The first-order valence-electron chi connectivity index (χ1n) is 6.26. The van der Waals surface area contributed by atoms with E-state index in [4.69, 9.17) is 15.2 Å². The van der Waals surface area contributed by atoms with E-state index >= 15 is 0 Å². The fraction of sp³-hybridized carbons (Fsp3) is 0.500. The first-order chi connectivity index (χ1) is 8.67. The molecular formula is C14H19NO3. The van der Waals surface area contributed by atoms with E-state index in [1.807, 2.05) is 18.2 Å². The molecule has 4 nitrogen and oxygen atoms in total. The molecule has 0 saturated heterocycles. The standard InChI is InChI=1S/C14H19NO3/c1-3-18-14(16)13-11-8-10(17-2)6-4-9(11)5-7-12(13)15/h4,6,8,12-13H,3,5,7,15H2,1-2H3/t12-,13+/m1/s1. The van der Waals surface area contributed by atoms with Crippen LogP contribution in [-0.2, 0) is 16.0 Å². The maximum atomic E-state index is 12.0. The molecule has 4 heteroatoms. The van der Waals surface area contributed by atoms with Gasteiger partial charge < -0.3 is 15.2 Å². The number of benzene rings is 1. The van der Waals surface area contributed by atoms with Gasteiger partial charge >= 0.3 is 5.97 Å². The van der Waals surface area contributed by atoms with Gasteiger partial charge in [0, 0.05) is 6.04 Å². The quantitative estimate of drug-likeness (QED) is 0.827. The van der Waals surface area contributed by atoms with Crippen LogP contribution in [0, 0.1) is 0 Å². The minimum atomic E-state index is -0.371. The average molecular weight is 249 g/mol. The van der Waals surface area contributed by atoms with Crippen LogP contribution in [0.5, 0.6) is 5.75 Å². The van der Waals surface area contributed by atoms with E-state index in [0.717, 1.165) is 29.7 Å². The summed E-state index contributed by atoms with van der Waals surface area (Å²) < 4.78 is 10.3. The normalized spacial score (nSPS) is 22.2. The number of nitrogens with two attached hydrogens (primary N) is 1. The summed E-state index contributed by atoms with van der Waals surface area (Å²) in [4.78, 5) is 12.0. The molecule has 0 radical (unpaired) electrons. The van der Waals surface area contributed by atoms with E-state index < -0.39 is 0 Å². The van der Waals surface area contributed by atoms with Gasteiger partial charge in [0.05, 0.1) is 19.6 Å². The molecular weight excluding hydrogens is 230 g/mol. The van der Waals surface area contributed by atoms with Crippen molar-refractivity contribution in [3.8, 4) is 5.75 Å². The second-order valence-electron chi connectivity index (χ2n) is 4.50. The van der Waals surface area contributed by atoms with Crippen molar-refractivity contribution in [2.24, 2.45) is 5.73 Å². The number of carbonyl (C=O) groups excluding carboxylic acids is 1. The minimum Gasteiger partial charge on any atom is -0.497 e. The van der Waals surface area contributed by atoms with Gasteiger partial charge in [-0.25, -0.2) is 0 Å². The van der Waals surface area contributed by atoms with Crippen LogP contribution in [-0.4, -0.2) is 25.7 Å². The molecule has 98 valence electrons. The number of ether oxygens (including phenoxy) is 2. The number of carbonyl (C=O) groups is 1. The summed E-state index contributed by atoms with van der Waals surface area (Å²) in [6, 6.07) is 5.64. The molecule has 0 unspecified atom stereocenters. The molecule has 0 amide bonds. The van der Waals surface area contributed by atoms with Crippen LogP contribution in [0.4, 0.5) is 0 Å². The van der Waals surface area contributed by atoms with Crippen molar-refractivity contribution in [1.82, 2.24) is 0 Å². The van der Waals surface area contributed by atoms with Gasteiger partial charge in [0.2, 0.25) is 0 Å². The third kappa shape index (κ3) is 2.34. The van der Waals surface area contributed by atoms with E-state index in [-0.39, 0.29) is 17.9 Å². The number of aryl methyl sites for hydroxylation is 1. The molecule has 0 bridgehead atoms. The predicted octanol–water partition coefficient (Wildman–Crippen LogP) is 1.62. The Morgan fingerprint density at radius 3 is 2.94 bits per heavy atom. The number of hydrogen-bond donors (Lipinski definition) is 1. The van der Waals surface area contributed by atoms with Crippen LogP contribution in [0.25, 0.3) is 0 Å². The fourth-order valence-corrected chi connectivity index (χ4v) is 2.47. The lowest BCUT2D eigenvalue weighted by atomic mass is 9.79. The highest BCUT2D eigenvalue weighted by Crippen LogP contribution is 2.34. The smallest absolute Gasteiger partial charge is 0.315 e. The summed E-state index contributed by atoms with van der Waals surface area (Å²) in [6.07, 6.45) is 1.71. The van der Waals surface area contributed by atoms with Gasteiger partial charge in [0.15, 0.2) is 0 Å². The highest BCUT2D eigenvalue weighted by Gasteiger charge is 2.34. The highest BCUT2D eigenvalue weighted by molar-refractivity contribution is 5.80. The molecule has 0 saturated carbocycles. The summed E-state index contributed by atoms with van der Waals surface area (Å²) in [5.74, 6) is 0.139. The summed E-state index contributed by atoms with van der Waals surface area (Å²) in [7, 11) is 1.61. The molecule has 18 heavy (non-hydrogen) atoms. The summed E-state index contributed by atoms with van der Waals surface area (Å²) >= 11 is 0. The van der Waals surface area contributed by atoms with Crippen molar-refractivity contribution >= 4 is 5.97 Å². The van der Waals surface area contributed by atoms with Crippen molar-refractivity contribution in [2.75, 3.05) is 13.7 Å². The lowest BCUT2D eigenvalue weighted by molar-refractivity contribution is -0.145. The molecule has 2 rings (SSSR count). The fourth-order valence-electron chi connectivity index (χ4n) is 2.47. The van der Waals surface area contributed by atoms with E-state index in [2.05, 4.69) is 0 Å². The Hall–Kier alpha value is -1.55. The van der Waals surface area contributed by atoms with Gasteiger partial charge in [0.25, 0.3) is 0 Å². The zero-order valence-corrected chi connectivity index (χ0v) is 10.8. The molecule has 0 fully saturated rings. The summed E-state index contributed by atoms with van der Waals surface area (Å²) in [6.45, 7) is 2.18. The largest absolute Gasteiger partial charge is 0.497 e. The molecule has 0 spiro atoms. The van der Waals surface area contributed by atoms with E-state index in [1.165, 1.54) is 0 Å². The SMILES string of the molecule is CCOC(=O)[C@H]1c2cc(OC)ccc2CC[C@H]1N. The monoisotopic (exact) mass is 249 g/mol. The van der Waals surface area contributed by atoms with Crippen LogP contribution < -0.4 is 10.5 Å². The summed E-state index contributed by atoms with van der Waals surface area (Å²) in [5.41, 5.74) is 8.19. The van der Waals surface area contributed by atoms with Crippen LogP contribution in [0.1, 0.15) is 30.4 Å². The lowest BCUT2D eigenvalue weighted by Crippen LogP contribution is -2.38. The molecule has 0 aliphatic heterocycles. The zero-order valence-electron chi connectivity index (χ0n) is 10.8. The predicted molar refractivity (Wildman–Crippen MR) is 68.7 cm³/mol. The van der Waals surface area contributed by atoms with Crippen LogP contribution in [0.3, 0.4) is 0 Å². The number of methoxy groups -OCH3 is 1. The third-order valence-corrected chi connectivity index (χ3v) is 3.40. The minimum absolute atomic E-state index is 0.177. The first kappa shape index (κ1) is 12.9. The Morgan fingerprint density at radius 2 is 2.28 bits per heavy atom. The van der Waals surface area contributed by atoms with Gasteiger partial charge in [-0.1, -0.05) is 6.07 Å². The van der Waals surface area contributed by atoms with Crippen LogP contribution >= 0.6 is 0 Å². The van der Waals surface area contributed by atoms with Gasteiger partial charge in [-0.15, -0.1) is 0 Å². The third-order valence-electron chi connectivity index (χ3n) is 3.40. The maximum Gasteiger partial charge on any atom is 0.315 e. The van der Waals surface area contributed by atoms with Crippen molar-refractivity contribution < 1.29 is 14.3 Å². The second-order valence-corrected chi connectivity index (χ2v) is 4.50. The number of hydrogen-bond acceptors (Lipinski definition) is 4. The number of fused-ring (bicyclic) bond motifs is 1. The maximum absolute atomic E-state index is 12.0. The Bertz CT molecular complexity index is 445. The number of rotatable bonds is 3. The molecule has 1 aromatic carbocycles. The van der Waals surface area contributed by atoms with E-state index in [9.17, 15) is 4.79 Å². The Morgan fingerprint density at radius 1 is 1.50 bits per heavy atom. The summed E-state index contributed by atoms with van der Waals surface area (Å²) in [5, 5.41) is 0. The first-order valence-corrected chi connectivity index (χ1v) is 6.26. The Balaban J connectivity index is 2.38. The Labute approximate surface area is 107 Å². The number of esters is 1. The highest BCUT2D eigenvalue weighted by atomic mass is 16.5. The van der Waals surface area contributed by atoms with E-state index in [0.29, 0.717) is 6.61 Å². The topological polar surface area (TPSA) is 61.5 Å². The molecule has 1 aromatic rings. The van der Waals surface area contributed by atoms with Crippen molar-refractivity contribution in [3.63, 3.8) is 0 Å². The molecule has 0 heterocycles. The van der Waals surface area contributed by atoms with Gasteiger partial charge in [-0.3, -0.25) is 4.79 Å². The van der Waals surface area contributed by atoms with E-state index in [1.54, 1.807) is 14.0 Å². The second kappa shape index (κ2) is 5.40. The molecule has 2 atom stereocenters. The van der Waals surface area contributed by atoms with Crippen molar-refractivity contribution in [1.29, 1.82) is 0 Å². The van der Waals surface area contributed by atoms with Crippen molar-refractivity contribution in [3.05, 3.63) is 29.3 Å². The average Bonchev–Trinajstić information content (AvgIpc) is 2.38. The molecule has 1 aliphatic rings. The van der Waals surface area contributed by atoms with Crippen LogP contribution in [0.2, 0.25) is 0 Å². The lowest BCUT2D eigenvalue weighted by Gasteiger charge is -2.29. The van der Waals surface area contributed by atoms with Crippen LogP contribution in [0.15, 0.2) is 18.2 Å². The van der Waals surface area contributed by atoms with Gasteiger partial charge in [0.1, 0.15) is 5.75 Å². The molecule has 0 aromatic heterocycles. The van der Waals surface area contributed by atoms with Gasteiger partial charge in [-0.05, 0) is 43.0 Å². The zero-order chi connectivity index (χ0) is 13.1. The molecule has 1 aliphatic carbocycles.